The van der Waals surface area contributed by atoms with Crippen LogP contribution in [-0.4, -0.2) is 77.1 Å². The number of hydrogen-bond acceptors (Lipinski definition) is 9. The standard InChI is InChI=1S/C24H28F2N6O4/c1-14-12-31(13-15(2)35-14)20-11-19(30-7-9-34-10-8-30)27-24(28-20)32-17-5-4-6-18(36-16(3)33)21(17)29-23(32)22(25)26/h4-6,11,14-15,22H,7-10,12-13H2,1-3H3/t14-,15+. The molecule has 2 saturated heterocycles. The summed E-state index contributed by atoms with van der Waals surface area (Å²) in [6.45, 7) is 8.76. The molecule has 0 aliphatic carbocycles. The fourth-order valence-electron chi connectivity index (χ4n) is 4.68. The van der Waals surface area contributed by atoms with Crippen LogP contribution < -0.4 is 14.5 Å². The van der Waals surface area contributed by atoms with Crippen LogP contribution in [0, 0.1) is 0 Å². The van der Waals surface area contributed by atoms with Crippen LogP contribution in [0.4, 0.5) is 20.4 Å². The summed E-state index contributed by atoms with van der Waals surface area (Å²) < 4.78 is 46.3. The zero-order valence-corrected chi connectivity index (χ0v) is 20.4. The molecule has 36 heavy (non-hydrogen) atoms. The Balaban J connectivity index is 1.69. The van der Waals surface area contributed by atoms with E-state index in [2.05, 4.69) is 14.8 Å². The number of para-hydroxylation sites is 1. The van der Waals surface area contributed by atoms with Gasteiger partial charge in [-0.15, -0.1) is 0 Å². The molecule has 2 fully saturated rings. The van der Waals surface area contributed by atoms with Gasteiger partial charge in [-0.3, -0.25) is 9.36 Å². The second-order valence-electron chi connectivity index (χ2n) is 8.97. The predicted octanol–water partition coefficient (Wildman–Crippen LogP) is 3.13. The first-order valence-electron chi connectivity index (χ1n) is 11.9. The SMILES string of the molecule is CC(=O)Oc1cccc2c1nc(C(F)F)n2-c1nc(N2CCOCC2)cc(N2C[C@@H](C)O[C@@H](C)C2)n1. The third-order valence-electron chi connectivity index (χ3n) is 6.09. The Labute approximate surface area is 206 Å². The number of hydrogen-bond donors (Lipinski definition) is 0. The van der Waals surface area contributed by atoms with Gasteiger partial charge in [0.2, 0.25) is 5.95 Å². The summed E-state index contributed by atoms with van der Waals surface area (Å²) in [5.74, 6) is 0.294. The van der Waals surface area contributed by atoms with E-state index in [0.717, 1.165) is 0 Å². The van der Waals surface area contributed by atoms with Crippen LogP contribution in [0.25, 0.3) is 17.0 Å². The van der Waals surface area contributed by atoms with Gasteiger partial charge in [0, 0.05) is 39.2 Å². The maximum absolute atomic E-state index is 14.3. The maximum Gasteiger partial charge on any atom is 0.308 e. The number of nitrogens with zero attached hydrogens (tertiary/aromatic N) is 6. The lowest BCUT2D eigenvalue weighted by Crippen LogP contribution is -2.46. The van der Waals surface area contributed by atoms with E-state index in [-0.39, 0.29) is 29.4 Å². The van der Waals surface area contributed by atoms with Crippen LogP contribution in [0.15, 0.2) is 24.3 Å². The molecule has 2 atom stereocenters. The number of halogens is 2. The molecular formula is C24H28F2N6O4. The molecule has 4 heterocycles. The Morgan fingerprint density at radius 1 is 1.06 bits per heavy atom. The van der Waals surface area contributed by atoms with Gasteiger partial charge < -0.3 is 24.0 Å². The quantitative estimate of drug-likeness (QED) is 0.385. The number of fused-ring (bicyclic) bond motifs is 1. The smallest absolute Gasteiger partial charge is 0.308 e. The first-order valence-corrected chi connectivity index (χ1v) is 11.9. The largest absolute Gasteiger partial charge is 0.424 e. The number of ether oxygens (including phenoxy) is 3. The monoisotopic (exact) mass is 502 g/mol. The van der Waals surface area contributed by atoms with Crippen molar-refractivity contribution < 1.29 is 27.8 Å². The zero-order chi connectivity index (χ0) is 25.4. The molecule has 3 aromatic rings. The number of benzene rings is 1. The normalized spacial score (nSPS) is 20.8. The number of morpholine rings is 2. The Morgan fingerprint density at radius 3 is 2.36 bits per heavy atom. The highest BCUT2D eigenvalue weighted by molar-refractivity contribution is 5.86. The average molecular weight is 503 g/mol. The van der Waals surface area contributed by atoms with Gasteiger partial charge in [-0.25, -0.2) is 13.8 Å². The Kier molecular flexibility index (Phi) is 6.71. The summed E-state index contributed by atoms with van der Waals surface area (Å²) >= 11 is 0. The van der Waals surface area contributed by atoms with Gasteiger partial charge in [-0.05, 0) is 26.0 Å². The van der Waals surface area contributed by atoms with Crippen molar-refractivity contribution in [3.63, 3.8) is 0 Å². The number of rotatable bonds is 5. The van der Waals surface area contributed by atoms with Crippen molar-refractivity contribution in [2.75, 3.05) is 49.2 Å². The number of imidazole rings is 1. The molecule has 0 spiro atoms. The van der Waals surface area contributed by atoms with E-state index in [0.29, 0.717) is 56.5 Å². The molecule has 0 saturated carbocycles. The number of alkyl halides is 2. The van der Waals surface area contributed by atoms with Crippen LogP contribution >= 0.6 is 0 Å². The molecule has 0 radical (unpaired) electrons. The maximum atomic E-state index is 14.3. The summed E-state index contributed by atoms with van der Waals surface area (Å²) in [4.78, 5) is 29.3. The minimum Gasteiger partial charge on any atom is -0.424 e. The highest BCUT2D eigenvalue weighted by Gasteiger charge is 2.28. The number of aromatic nitrogens is 4. The van der Waals surface area contributed by atoms with Crippen LogP contribution in [0.3, 0.4) is 0 Å². The van der Waals surface area contributed by atoms with Crippen LogP contribution in [0.2, 0.25) is 0 Å². The molecule has 12 heteroatoms. The Morgan fingerprint density at radius 2 is 1.72 bits per heavy atom. The lowest BCUT2D eigenvalue weighted by Gasteiger charge is -2.37. The van der Waals surface area contributed by atoms with E-state index in [1.807, 2.05) is 19.9 Å². The zero-order valence-electron chi connectivity index (χ0n) is 20.4. The van der Waals surface area contributed by atoms with Crippen molar-refractivity contribution in [3.8, 4) is 11.7 Å². The van der Waals surface area contributed by atoms with E-state index >= 15 is 0 Å². The topological polar surface area (TPSA) is 94.8 Å². The lowest BCUT2D eigenvalue weighted by atomic mass is 10.2. The Hall–Kier alpha value is -3.38. The second kappa shape index (κ2) is 9.94. The third kappa shape index (κ3) is 4.82. The molecule has 0 amide bonds. The van der Waals surface area contributed by atoms with Crippen molar-refractivity contribution in [3.05, 3.63) is 30.1 Å². The second-order valence-corrected chi connectivity index (χ2v) is 8.97. The fraction of sp³-hybridized carbons (Fsp3) is 0.500. The first kappa shape index (κ1) is 24.3. The predicted molar refractivity (Wildman–Crippen MR) is 128 cm³/mol. The summed E-state index contributed by atoms with van der Waals surface area (Å²) in [5, 5.41) is 0. The molecular weight excluding hydrogens is 474 g/mol. The van der Waals surface area contributed by atoms with Crippen molar-refractivity contribution in [2.24, 2.45) is 0 Å². The average Bonchev–Trinajstić information content (AvgIpc) is 3.25. The van der Waals surface area contributed by atoms with E-state index in [1.165, 1.54) is 17.6 Å². The van der Waals surface area contributed by atoms with Gasteiger partial charge in [-0.1, -0.05) is 6.07 Å². The van der Waals surface area contributed by atoms with E-state index in [9.17, 15) is 13.6 Å². The highest BCUT2D eigenvalue weighted by Crippen LogP contribution is 2.33. The Bertz CT molecular complexity index is 1250. The van der Waals surface area contributed by atoms with Gasteiger partial charge in [0.05, 0.1) is 30.9 Å². The molecule has 0 N–H and O–H groups in total. The van der Waals surface area contributed by atoms with Gasteiger partial charge in [-0.2, -0.15) is 9.97 Å². The number of carbonyl (C=O) groups excluding carboxylic acids is 1. The fourth-order valence-corrected chi connectivity index (χ4v) is 4.68. The minimum absolute atomic E-state index is 0.0176. The number of esters is 1. The van der Waals surface area contributed by atoms with Gasteiger partial charge in [0.15, 0.2) is 11.6 Å². The van der Waals surface area contributed by atoms with Crippen LogP contribution in [-0.2, 0) is 14.3 Å². The van der Waals surface area contributed by atoms with Gasteiger partial charge in [0.1, 0.15) is 17.2 Å². The highest BCUT2D eigenvalue weighted by atomic mass is 19.3. The molecule has 2 aliphatic heterocycles. The van der Waals surface area contributed by atoms with Crippen LogP contribution in [0.5, 0.6) is 5.75 Å². The van der Waals surface area contributed by atoms with Crippen molar-refractivity contribution in [2.45, 2.75) is 39.4 Å². The van der Waals surface area contributed by atoms with Crippen molar-refractivity contribution in [1.82, 2.24) is 19.5 Å². The van der Waals surface area contributed by atoms with Crippen molar-refractivity contribution in [1.29, 1.82) is 0 Å². The summed E-state index contributed by atoms with van der Waals surface area (Å²) in [6, 6.07) is 6.64. The lowest BCUT2D eigenvalue weighted by molar-refractivity contribution is -0.131. The number of anilines is 2. The molecule has 10 nitrogen and oxygen atoms in total. The molecule has 1 aromatic carbocycles. The number of carbonyl (C=O) groups is 1. The van der Waals surface area contributed by atoms with E-state index in [1.54, 1.807) is 12.1 Å². The summed E-state index contributed by atoms with van der Waals surface area (Å²) in [6.07, 6.45) is -2.95. The van der Waals surface area contributed by atoms with E-state index in [4.69, 9.17) is 24.2 Å². The van der Waals surface area contributed by atoms with Gasteiger partial charge >= 0.3 is 5.97 Å². The van der Waals surface area contributed by atoms with Crippen LogP contribution in [0.1, 0.15) is 33.0 Å². The molecule has 2 aromatic heterocycles. The molecule has 192 valence electrons. The molecule has 0 unspecified atom stereocenters. The summed E-state index contributed by atoms with van der Waals surface area (Å²) in [5.41, 5.74) is 0.455. The summed E-state index contributed by atoms with van der Waals surface area (Å²) in [7, 11) is 0. The molecule has 5 rings (SSSR count). The first-order chi connectivity index (χ1) is 17.3. The molecule has 0 bridgehead atoms. The van der Waals surface area contributed by atoms with E-state index < -0.39 is 18.2 Å². The van der Waals surface area contributed by atoms with Gasteiger partial charge in [0.25, 0.3) is 6.43 Å². The minimum atomic E-state index is -2.91. The molecule has 2 aliphatic rings. The van der Waals surface area contributed by atoms with Crippen molar-refractivity contribution >= 4 is 28.6 Å². The third-order valence-corrected chi connectivity index (χ3v) is 6.09.